The molecule has 29 heavy (non-hydrogen) atoms. The molecule has 1 aromatic rings. The molecule has 0 aliphatic carbocycles. The third kappa shape index (κ3) is 6.03. The Kier molecular flexibility index (Phi) is 7.89. The molecule has 1 aromatic carbocycles. The van der Waals surface area contributed by atoms with Crippen molar-refractivity contribution in [1.82, 2.24) is 0 Å². The highest BCUT2D eigenvalue weighted by atomic mass is 28.4. The molecule has 0 aromatic heterocycles. The minimum absolute atomic E-state index is 0.00390. The first-order valence-corrected chi connectivity index (χ1v) is 12.7. The highest BCUT2D eigenvalue weighted by Gasteiger charge is 2.46. The molecule has 2 rings (SSSR count). The Morgan fingerprint density at radius 2 is 1.62 bits per heavy atom. The van der Waals surface area contributed by atoms with Gasteiger partial charge >= 0.3 is 0 Å². The summed E-state index contributed by atoms with van der Waals surface area (Å²) >= 11 is 0. The van der Waals surface area contributed by atoms with Crippen LogP contribution >= 0.6 is 0 Å². The third-order valence-corrected chi connectivity index (χ3v) is 10.0. The van der Waals surface area contributed by atoms with Gasteiger partial charge < -0.3 is 34.0 Å². The summed E-state index contributed by atoms with van der Waals surface area (Å²) < 4.78 is 23.0. The molecular weight excluding hydrogens is 392 g/mol. The van der Waals surface area contributed by atoms with Crippen molar-refractivity contribution in [2.24, 2.45) is 0 Å². The molecule has 0 bridgehead atoms. The van der Waals surface area contributed by atoms with Gasteiger partial charge in [0.2, 0.25) is 6.29 Å². The summed E-state index contributed by atoms with van der Waals surface area (Å²) in [6.07, 6.45) is -4.38. The van der Waals surface area contributed by atoms with Crippen molar-refractivity contribution in [2.75, 3.05) is 13.2 Å². The zero-order valence-corrected chi connectivity index (χ0v) is 18.9. The SMILES string of the molecule is C=CCOc1ccc(O[C@@H]2O[C@H](CO[Si](C)(C)C(C)(C)C)[C@@H](O)[C@H](O)[C@H]2O)cc1. The molecule has 1 fully saturated rings. The van der Waals surface area contributed by atoms with Crippen molar-refractivity contribution in [3.63, 3.8) is 0 Å². The van der Waals surface area contributed by atoms with E-state index in [0.29, 0.717) is 18.1 Å². The minimum Gasteiger partial charge on any atom is -0.490 e. The van der Waals surface area contributed by atoms with Gasteiger partial charge in [0.15, 0.2) is 8.32 Å². The van der Waals surface area contributed by atoms with Crippen LogP contribution in [0.15, 0.2) is 36.9 Å². The molecule has 5 atom stereocenters. The second-order valence-corrected chi connectivity index (χ2v) is 13.6. The molecule has 3 N–H and O–H groups in total. The quantitative estimate of drug-likeness (QED) is 0.434. The Bertz CT molecular complexity index is 656. The normalized spacial score (nSPS) is 28.1. The average molecular weight is 427 g/mol. The van der Waals surface area contributed by atoms with E-state index in [2.05, 4.69) is 40.4 Å². The second kappa shape index (κ2) is 9.59. The summed E-state index contributed by atoms with van der Waals surface area (Å²) in [6, 6.07) is 6.79. The van der Waals surface area contributed by atoms with Crippen molar-refractivity contribution in [2.45, 2.75) is 69.6 Å². The van der Waals surface area contributed by atoms with Crippen molar-refractivity contribution < 1.29 is 34.0 Å². The summed E-state index contributed by atoms with van der Waals surface area (Å²) in [5.74, 6) is 1.09. The lowest BCUT2D eigenvalue weighted by molar-refractivity contribution is -0.276. The molecule has 0 amide bonds. The summed E-state index contributed by atoms with van der Waals surface area (Å²) in [5.41, 5.74) is 0. The van der Waals surface area contributed by atoms with Crippen molar-refractivity contribution in [1.29, 1.82) is 0 Å². The monoisotopic (exact) mass is 426 g/mol. The van der Waals surface area contributed by atoms with Crippen LogP contribution in [-0.2, 0) is 9.16 Å². The van der Waals surface area contributed by atoms with Gasteiger partial charge in [0, 0.05) is 0 Å². The molecule has 8 heteroatoms. The zero-order valence-electron chi connectivity index (χ0n) is 17.9. The molecular formula is C21H34O7Si. The van der Waals surface area contributed by atoms with Crippen LogP contribution in [0.4, 0.5) is 0 Å². The molecule has 0 saturated carbocycles. The number of hydrogen-bond donors (Lipinski definition) is 3. The van der Waals surface area contributed by atoms with Crippen molar-refractivity contribution in [3.05, 3.63) is 36.9 Å². The van der Waals surface area contributed by atoms with Crippen LogP contribution in [0.2, 0.25) is 18.1 Å². The van der Waals surface area contributed by atoms with Gasteiger partial charge in [-0.25, -0.2) is 0 Å². The van der Waals surface area contributed by atoms with Gasteiger partial charge in [0.25, 0.3) is 0 Å². The van der Waals surface area contributed by atoms with Gasteiger partial charge in [0.1, 0.15) is 42.5 Å². The van der Waals surface area contributed by atoms with Crippen LogP contribution in [0, 0.1) is 0 Å². The number of aliphatic hydroxyl groups excluding tert-OH is 3. The van der Waals surface area contributed by atoms with Crippen molar-refractivity contribution >= 4 is 8.32 Å². The van der Waals surface area contributed by atoms with Gasteiger partial charge in [-0.2, -0.15) is 0 Å². The topological polar surface area (TPSA) is 97.6 Å². The molecule has 7 nitrogen and oxygen atoms in total. The predicted molar refractivity (Wildman–Crippen MR) is 113 cm³/mol. The van der Waals surface area contributed by atoms with Gasteiger partial charge in [-0.05, 0) is 42.4 Å². The van der Waals surface area contributed by atoms with E-state index in [1.54, 1.807) is 30.3 Å². The van der Waals surface area contributed by atoms with E-state index in [-0.39, 0.29) is 11.6 Å². The van der Waals surface area contributed by atoms with Crippen LogP contribution in [0.25, 0.3) is 0 Å². The smallest absolute Gasteiger partial charge is 0.229 e. The summed E-state index contributed by atoms with van der Waals surface area (Å²) in [4.78, 5) is 0. The maximum absolute atomic E-state index is 10.3. The van der Waals surface area contributed by atoms with E-state index in [0.717, 1.165) is 0 Å². The largest absolute Gasteiger partial charge is 0.490 e. The van der Waals surface area contributed by atoms with Crippen LogP contribution in [0.3, 0.4) is 0 Å². The van der Waals surface area contributed by atoms with E-state index in [1.807, 2.05) is 0 Å². The van der Waals surface area contributed by atoms with Crippen LogP contribution < -0.4 is 9.47 Å². The van der Waals surface area contributed by atoms with E-state index in [1.165, 1.54) is 0 Å². The predicted octanol–water partition coefficient (Wildman–Crippen LogP) is 2.46. The van der Waals surface area contributed by atoms with Crippen LogP contribution in [-0.4, -0.2) is 67.6 Å². The zero-order chi connectivity index (χ0) is 21.8. The lowest BCUT2D eigenvalue weighted by atomic mass is 9.99. The lowest BCUT2D eigenvalue weighted by Crippen LogP contribution is -2.61. The molecule has 164 valence electrons. The maximum atomic E-state index is 10.3. The molecule has 1 saturated heterocycles. The maximum Gasteiger partial charge on any atom is 0.229 e. The Hall–Kier alpha value is -1.42. The van der Waals surface area contributed by atoms with Crippen LogP contribution in [0.1, 0.15) is 20.8 Å². The highest BCUT2D eigenvalue weighted by molar-refractivity contribution is 6.74. The Balaban J connectivity index is 2.03. The summed E-state index contributed by atoms with van der Waals surface area (Å²) in [6.45, 7) is 14.6. The van der Waals surface area contributed by atoms with E-state index < -0.39 is 39.0 Å². The van der Waals surface area contributed by atoms with Gasteiger partial charge in [-0.15, -0.1) is 0 Å². The first kappa shape index (κ1) is 23.9. The Morgan fingerprint density at radius 3 is 2.17 bits per heavy atom. The molecule has 0 spiro atoms. The van der Waals surface area contributed by atoms with Crippen molar-refractivity contribution in [3.8, 4) is 11.5 Å². The number of ether oxygens (including phenoxy) is 3. The fourth-order valence-electron chi connectivity index (χ4n) is 2.56. The Morgan fingerprint density at radius 1 is 1.03 bits per heavy atom. The number of aliphatic hydroxyl groups is 3. The fraction of sp³-hybridized carbons (Fsp3) is 0.619. The third-order valence-electron chi connectivity index (χ3n) is 5.53. The van der Waals surface area contributed by atoms with E-state index in [4.69, 9.17) is 18.6 Å². The minimum atomic E-state index is -2.07. The van der Waals surface area contributed by atoms with E-state index >= 15 is 0 Å². The van der Waals surface area contributed by atoms with Gasteiger partial charge in [0.05, 0.1) is 6.61 Å². The summed E-state index contributed by atoms with van der Waals surface area (Å²) in [5, 5.41) is 30.9. The fourth-order valence-corrected chi connectivity index (χ4v) is 3.58. The second-order valence-electron chi connectivity index (χ2n) is 8.77. The first-order valence-electron chi connectivity index (χ1n) is 9.80. The molecule has 0 radical (unpaired) electrons. The van der Waals surface area contributed by atoms with Gasteiger partial charge in [-0.3, -0.25) is 0 Å². The number of rotatable bonds is 8. The summed E-state index contributed by atoms with van der Waals surface area (Å²) in [7, 11) is -2.07. The van der Waals surface area contributed by atoms with Gasteiger partial charge in [-0.1, -0.05) is 33.4 Å². The average Bonchev–Trinajstić information content (AvgIpc) is 2.66. The Labute approximate surface area is 174 Å². The number of benzene rings is 1. The standard InChI is InChI=1S/C21H34O7Si/c1-7-12-25-14-8-10-15(11-9-14)27-20-19(24)18(23)17(22)16(28-20)13-26-29(5,6)21(2,3)4/h7-11,16-20,22-24H,1,12-13H2,2-6H3/t16-,17-,18+,19-,20-/m1/s1. The van der Waals surface area contributed by atoms with E-state index in [9.17, 15) is 15.3 Å². The lowest BCUT2D eigenvalue weighted by Gasteiger charge is -2.42. The molecule has 1 aliphatic rings. The first-order chi connectivity index (χ1) is 13.5. The molecule has 1 aliphatic heterocycles. The van der Waals surface area contributed by atoms with Crippen LogP contribution in [0.5, 0.6) is 11.5 Å². The number of hydrogen-bond acceptors (Lipinski definition) is 7. The molecule has 0 unspecified atom stereocenters. The highest BCUT2D eigenvalue weighted by Crippen LogP contribution is 2.37. The molecule has 1 heterocycles.